The Morgan fingerprint density at radius 3 is 2.35 bits per heavy atom. The number of quaternary nitrogens is 2. The largest absolute Gasteiger partial charge is 0.328 e. The first-order valence-electron chi connectivity index (χ1n) is 8.40. The van der Waals surface area contributed by atoms with Crippen molar-refractivity contribution in [3.63, 3.8) is 0 Å². The number of nitrogens with one attached hydrogen (secondary N) is 2. The lowest BCUT2D eigenvalue weighted by molar-refractivity contribution is -1.000. The molecule has 2 fully saturated rings. The quantitative estimate of drug-likeness (QED) is 0.639. The molecule has 6 heteroatoms. The number of hydrogen-bond acceptors (Lipinski definition) is 2. The molecule has 2 aliphatic heterocycles. The Balaban J connectivity index is 1.51. The van der Waals surface area contributed by atoms with E-state index in [2.05, 4.69) is 7.05 Å². The van der Waals surface area contributed by atoms with E-state index < -0.39 is 0 Å². The number of hydrogen-bond donors (Lipinski definition) is 2. The van der Waals surface area contributed by atoms with E-state index in [1.165, 1.54) is 4.90 Å². The van der Waals surface area contributed by atoms with Crippen molar-refractivity contribution < 1.29 is 19.4 Å². The predicted octanol–water partition coefficient (Wildman–Crippen LogP) is -2.66. The van der Waals surface area contributed by atoms with Gasteiger partial charge in [-0.1, -0.05) is 18.2 Å². The Morgan fingerprint density at radius 1 is 1.00 bits per heavy atom. The lowest BCUT2D eigenvalue weighted by atomic mass is 10.2. The van der Waals surface area contributed by atoms with Gasteiger partial charge >= 0.3 is 0 Å². The van der Waals surface area contributed by atoms with Crippen molar-refractivity contribution in [3.8, 4) is 0 Å². The fourth-order valence-electron chi connectivity index (χ4n) is 3.25. The Hall–Kier alpha value is -1.92. The van der Waals surface area contributed by atoms with E-state index in [1.54, 1.807) is 9.80 Å². The molecule has 2 aliphatic rings. The van der Waals surface area contributed by atoms with E-state index >= 15 is 0 Å². The highest BCUT2D eigenvalue weighted by molar-refractivity contribution is 5.94. The van der Waals surface area contributed by atoms with Gasteiger partial charge in [0.05, 0.1) is 13.7 Å². The molecule has 0 aliphatic carbocycles. The summed E-state index contributed by atoms with van der Waals surface area (Å²) in [6.45, 7) is 6.61. The SMILES string of the molecule is C[NH+]1CC[NH+](CC(=O)N2CCN(C(=O)c3ccccc3)C2)CC1. The molecule has 1 aromatic carbocycles. The molecule has 0 aromatic heterocycles. The summed E-state index contributed by atoms with van der Waals surface area (Å²) in [5, 5.41) is 0. The minimum atomic E-state index is 0.0106. The van der Waals surface area contributed by atoms with Crippen molar-refractivity contribution in [1.82, 2.24) is 9.80 Å². The lowest BCUT2D eigenvalue weighted by Crippen LogP contribution is -3.27. The van der Waals surface area contributed by atoms with Crippen molar-refractivity contribution in [2.45, 2.75) is 0 Å². The molecule has 2 saturated heterocycles. The number of rotatable bonds is 3. The molecule has 0 spiro atoms. The van der Waals surface area contributed by atoms with Crippen LogP contribution in [0.5, 0.6) is 0 Å². The Bertz CT molecular complexity index is 555. The first-order valence-corrected chi connectivity index (χ1v) is 8.40. The van der Waals surface area contributed by atoms with Crippen molar-refractivity contribution in [2.24, 2.45) is 0 Å². The molecule has 2 amide bonds. The van der Waals surface area contributed by atoms with Gasteiger partial charge in [-0.25, -0.2) is 0 Å². The Kier molecular flexibility index (Phi) is 4.93. The highest BCUT2D eigenvalue weighted by Gasteiger charge is 2.31. The summed E-state index contributed by atoms with van der Waals surface area (Å²) in [6.07, 6.45) is 0. The number of piperazine rings is 1. The predicted molar refractivity (Wildman–Crippen MR) is 86.2 cm³/mol. The molecule has 3 rings (SSSR count). The van der Waals surface area contributed by atoms with Crippen LogP contribution < -0.4 is 9.80 Å². The topological polar surface area (TPSA) is 49.5 Å². The van der Waals surface area contributed by atoms with E-state index in [0.29, 0.717) is 31.9 Å². The standard InChI is InChI=1S/C17H24N4O2/c1-18-7-9-19(10-8-18)13-16(22)20-11-12-21(14-20)17(23)15-5-3-2-4-6-15/h2-6H,7-14H2,1H3/p+2. The van der Waals surface area contributed by atoms with Crippen LogP contribution in [0.25, 0.3) is 0 Å². The third-order valence-electron chi connectivity index (χ3n) is 4.85. The van der Waals surface area contributed by atoms with Crippen LogP contribution in [0, 0.1) is 0 Å². The number of amides is 2. The molecule has 0 radical (unpaired) electrons. The third-order valence-corrected chi connectivity index (χ3v) is 4.85. The summed E-state index contributed by atoms with van der Waals surface area (Å²) >= 11 is 0. The number of carbonyl (C=O) groups excluding carboxylic acids is 2. The summed E-state index contributed by atoms with van der Waals surface area (Å²) in [5.41, 5.74) is 0.689. The second-order valence-corrected chi connectivity index (χ2v) is 6.62. The molecule has 124 valence electrons. The Labute approximate surface area is 137 Å². The minimum Gasteiger partial charge on any atom is -0.328 e. The van der Waals surface area contributed by atoms with Crippen LogP contribution in [-0.2, 0) is 4.79 Å². The summed E-state index contributed by atoms with van der Waals surface area (Å²) in [7, 11) is 2.20. The molecule has 0 bridgehead atoms. The van der Waals surface area contributed by atoms with Crippen LogP contribution in [0.15, 0.2) is 30.3 Å². The molecular weight excluding hydrogens is 292 g/mol. The van der Waals surface area contributed by atoms with Gasteiger partial charge in [-0.3, -0.25) is 9.59 Å². The zero-order valence-corrected chi connectivity index (χ0v) is 13.8. The summed E-state index contributed by atoms with van der Waals surface area (Å²) < 4.78 is 0. The van der Waals surface area contributed by atoms with Crippen molar-refractivity contribution in [3.05, 3.63) is 35.9 Å². The normalized spacial score (nSPS) is 24.7. The van der Waals surface area contributed by atoms with Gasteiger partial charge in [0.15, 0.2) is 6.54 Å². The maximum atomic E-state index is 12.5. The van der Waals surface area contributed by atoms with E-state index in [-0.39, 0.29) is 11.8 Å². The number of benzene rings is 1. The monoisotopic (exact) mass is 318 g/mol. The molecule has 23 heavy (non-hydrogen) atoms. The molecule has 0 saturated carbocycles. The van der Waals surface area contributed by atoms with Gasteiger partial charge in [-0.2, -0.15) is 0 Å². The molecule has 2 N–H and O–H groups in total. The highest BCUT2D eigenvalue weighted by atomic mass is 16.2. The second-order valence-electron chi connectivity index (χ2n) is 6.62. The molecule has 2 heterocycles. The first-order chi connectivity index (χ1) is 11.1. The number of nitrogens with zero attached hydrogens (tertiary/aromatic N) is 2. The maximum absolute atomic E-state index is 12.5. The second kappa shape index (κ2) is 7.10. The van der Waals surface area contributed by atoms with E-state index in [4.69, 9.17) is 0 Å². The third kappa shape index (κ3) is 3.89. The van der Waals surface area contributed by atoms with E-state index in [9.17, 15) is 9.59 Å². The van der Waals surface area contributed by atoms with Gasteiger partial charge in [-0.05, 0) is 12.1 Å². The van der Waals surface area contributed by atoms with Crippen LogP contribution in [-0.4, -0.2) is 81.1 Å². The van der Waals surface area contributed by atoms with Gasteiger partial charge in [0.2, 0.25) is 0 Å². The van der Waals surface area contributed by atoms with Gasteiger partial charge in [0.1, 0.15) is 26.2 Å². The first kappa shape index (κ1) is 16.0. The molecule has 0 atom stereocenters. The lowest BCUT2D eigenvalue weighted by Gasteiger charge is -2.28. The van der Waals surface area contributed by atoms with Gasteiger partial charge in [0, 0.05) is 18.7 Å². The maximum Gasteiger partial charge on any atom is 0.279 e. The average molecular weight is 318 g/mol. The number of carbonyl (C=O) groups is 2. The van der Waals surface area contributed by atoms with Gasteiger partial charge in [0.25, 0.3) is 11.8 Å². The zero-order chi connectivity index (χ0) is 16.2. The zero-order valence-electron chi connectivity index (χ0n) is 13.8. The fourth-order valence-corrected chi connectivity index (χ4v) is 3.25. The minimum absolute atomic E-state index is 0.0106. The van der Waals surface area contributed by atoms with Crippen LogP contribution in [0.1, 0.15) is 10.4 Å². The van der Waals surface area contributed by atoms with Crippen LogP contribution in [0.2, 0.25) is 0 Å². The van der Waals surface area contributed by atoms with Crippen molar-refractivity contribution >= 4 is 11.8 Å². The molecule has 0 unspecified atom stereocenters. The van der Waals surface area contributed by atoms with Gasteiger partial charge in [-0.15, -0.1) is 0 Å². The van der Waals surface area contributed by atoms with Crippen LogP contribution in [0.3, 0.4) is 0 Å². The van der Waals surface area contributed by atoms with E-state index in [0.717, 1.165) is 26.2 Å². The molecular formula is C17H26N4O2+2. The summed E-state index contributed by atoms with van der Waals surface area (Å²) in [5.74, 6) is 0.180. The van der Waals surface area contributed by atoms with E-state index in [1.807, 2.05) is 35.2 Å². The smallest absolute Gasteiger partial charge is 0.279 e. The van der Waals surface area contributed by atoms with Crippen LogP contribution >= 0.6 is 0 Å². The summed E-state index contributed by atoms with van der Waals surface area (Å²) in [6, 6.07) is 9.28. The molecule has 6 nitrogen and oxygen atoms in total. The average Bonchev–Trinajstić information content (AvgIpc) is 3.07. The van der Waals surface area contributed by atoms with Crippen molar-refractivity contribution in [1.29, 1.82) is 0 Å². The fraction of sp³-hybridized carbons (Fsp3) is 0.529. The Morgan fingerprint density at radius 2 is 1.65 bits per heavy atom. The number of likely N-dealkylation sites (N-methyl/N-ethyl adjacent to an activating group) is 1. The van der Waals surface area contributed by atoms with Crippen LogP contribution in [0.4, 0.5) is 0 Å². The molecule has 1 aromatic rings. The van der Waals surface area contributed by atoms with Crippen molar-refractivity contribution in [2.75, 3.05) is 59.5 Å². The summed E-state index contributed by atoms with van der Waals surface area (Å²) in [4.78, 5) is 31.4. The van der Waals surface area contributed by atoms with Gasteiger partial charge < -0.3 is 19.6 Å². The highest BCUT2D eigenvalue weighted by Crippen LogP contribution is 2.10.